The minimum Gasteiger partial charge on any atom is -0.693 e. The van der Waals surface area contributed by atoms with E-state index in [4.69, 9.17) is 6.42 Å². The van der Waals surface area contributed by atoms with Gasteiger partial charge in [0.25, 0.3) is 0 Å². The van der Waals surface area contributed by atoms with E-state index in [1.165, 1.54) is 5.56 Å². The fraction of sp³-hybridized carbons (Fsp3) is 0.500. The normalized spacial score (nSPS) is 30.5. The van der Waals surface area contributed by atoms with Gasteiger partial charge in [-0.25, -0.2) is 0 Å². The molecule has 0 aliphatic heterocycles. The van der Waals surface area contributed by atoms with Crippen molar-refractivity contribution in [1.29, 1.82) is 0 Å². The van der Waals surface area contributed by atoms with Crippen molar-refractivity contribution >= 4 is 0 Å². The largest absolute Gasteiger partial charge is 0.693 e. The van der Waals surface area contributed by atoms with E-state index >= 15 is 0 Å². The average molecular weight is 316 g/mol. The fourth-order valence-electron chi connectivity index (χ4n) is 2.99. The smallest absolute Gasteiger partial charge is 0.0651 e. The Labute approximate surface area is 135 Å². The molecule has 93 valence electrons. The molecule has 0 saturated heterocycles. The topological polar surface area (TPSA) is 20.2 Å². The van der Waals surface area contributed by atoms with E-state index in [0.29, 0.717) is 11.8 Å². The van der Waals surface area contributed by atoms with Gasteiger partial charge in [0.15, 0.2) is 0 Å². The van der Waals surface area contributed by atoms with Crippen LogP contribution in [0.4, 0.5) is 0 Å². The maximum atomic E-state index is 9.84. The zero-order valence-corrected chi connectivity index (χ0v) is 13.7. The molecule has 1 N–H and O–H groups in total. The number of hydrogen-bond acceptors (Lipinski definition) is 1. The van der Waals surface area contributed by atoms with Crippen LogP contribution in [0.15, 0.2) is 30.3 Å². The van der Waals surface area contributed by atoms with Crippen molar-refractivity contribution in [3.05, 3.63) is 42.3 Å². The maximum absolute atomic E-state index is 9.84. The standard InChI is InChI=1S/C16H19O.Y/c1-3-14-15(12(2)11-16(14)17)10-9-13-7-5-4-6-8-13;/h4-8,12,14-17H,9-11H2,2H3;/q-1;/t12?,14-,15+,16-;/m1./s1. The van der Waals surface area contributed by atoms with Crippen LogP contribution in [-0.4, -0.2) is 11.2 Å². The second kappa shape index (κ2) is 7.44. The third-order valence-electron chi connectivity index (χ3n) is 4.00. The van der Waals surface area contributed by atoms with Crippen molar-refractivity contribution < 1.29 is 37.8 Å². The molecule has 0 aromatic heterocycles. The first kappa shape index (κ1) is 15.9. The third kappa shape index (κ3) is 3.67. The molecule has 1 radical (unpaired) electrons. The van der Waals surface area contributed by atoms with Gasteiger partial charge in [-0.3, -0.25) is 0 Å². The van der Waals surface area contributed by atoms with Crippen LogP contribution in [0.1, 0.15) is 25.3 Å². The van der Waals surface area contributed by atoms with Crippen LogP contribution in [0.25, 0.3) is 0 Å². The maximum Gasteiger partial charge on any atom is 0.0651 e. The average Bonchev–Trinajstić information content (AvgIpc) is 2.62. The quantitative estimate of drug-likeness (QED) is 0.672. The Bertz CT molecular complexity index is 395. The molecule has 1 unspecified atom stereocenters. The van der Waals surface area contributed by atoms with Crippen molar-refractivity contribution in [1.82, 2.24) is 0 Å². The summed E-state index contributed by atoms with van der Waals surface area (Å²) in [6.45, 7) is 2.18. The van der Waals surface area contributed by atoms with Crippen LogP contribution >= 0.6 is 0 Å². The van der Waals surface area contributed by atoms with Gasteiger partial charge in [-0.05, 0) is 36.7 Å². The van der Waals surface area contributed by atoms with Crippen molar-refractivity contribution in [2.75, 3.05) is 0 Å². The number of aryl methyl sites for hydroxylation is 1. The predicted octanol–water partition coefficient (Wildman–Crippen LogP) is 2.84. The summed E-state index contributed by atoms with van der Waals surface area (Å²) in [4.78, 5) is 0. The van der Waals surface area contributed by atoms with E-state index in [2.05, 4.69) is 37.1 Å². The molecule has 1 aliphatic carbocycles. The van der Waals surface area contributed by atoms with Gasteiger partial charge >= 0.3 is 0 Å². The van der Waals surface area contributed by atoms with Crippen LogP contribution in [0.2, 0.25) is 0 Å². The predicted molar refractivity (Wildman–Crippen MR) is 68.7 cm³/mol. The first-order valence-electron chi connectivity index (χ1n) is 6.36. The Morgan fingerprint density at radius 3 is 2.61 bits per heavy atom. The molecule has 1 aromatic rings. The first-order valence-corrected chi connectivity index (χ1v) is 6.36. The molecule has 0 bridgehead atoms. The van der Waals surface area contributed by atoms with Crippen LogP contribution in [-0.2, 0) is 39.1 Å². The zero-order chi connectivity index (χ0) is 12.3. The summed E-state index contributed by atoms with van der Waals surface area (Å²) in [7, 11) is 0. The number of rotatable bonds is 3. The molecule has 18 heavy (non-hydrogen) atoms. The van der Waals surface area contributed by atoms with E-state index in [9.17, 15) is 5.11 Å². The molecular weight excluding hydrogens is 297 g/mol. The monoisotopic (exact) mass is 316 g/mol. The number of hydrogen-bond donors (Lipinski definition) is 1. The summed E-state index contributed by atoms with van der Waals surface area (Å²) < 4.78 is 0. The van der Waals surface area contributed by atoms with Crippen LogP contribution in [0.5, 0.6) is 0 Å². The first-order chi connectivity index (χ1) is 8.22. The van der Waals surface area contributed by atoms with Crippen LogP contribution < -0.4 is 0 Å². The number of aliphatic hydroxyl groups is 1. The Hall–Kier alpha value is -0.156. The van der Waals surface area contributed by atoms with E-state index in [-0.39, 0.29) is 44.7 Å². The molecule has 1 aromatic carbocycles. The Morgan fingerprint density at radius 1 is 1.33 bits per heavy atom. The summed E-state index contributed by atoms with van der Waals surface area (Å²) in [6, 6.07) is 10.4. The summed E-state index contributed by atoms with van der Waals surface area (Å²) in [5, 5.41) is 9.84. The van der Waals surface area contributed by atoms with Gasteiger partial charge < -0.3 is 17.5 Å². The Kier molecular flexibility index (Phi) is 6.57. The molecule has 2 heteroatoms. The minimum absolute atomic E-state index is 0. The minimum atomic E-state index is -0.358. The molecule has 0 amide bonds. The second-order valence-corrected chi connectivity index (χ2v) is 5.14. The third-order valence-corrected chi connectivity index (χ3v) is 4.00. The molecule has 1 fully saturated rings. The molecular formula is C16H19OY-. The summed E-state index contributed by atoms with van der Waals surface area (Å²) in [5.74, 6) is 3.37. The van der Waals surface area contributed by atoms with E-state index in [1.54, 1.807) is 0 Å². The van der Waals surface area contributed by atoms with Gasteiger partial charge in [-0.2, -0.15) is 0 Å². The summed E-state index contributed by atoms with van der Waals surface area (Å²) >= 11 is 0. The van der Waals surface area contributed by atoms with E-state index in [1.807, 2.05) is 6.07 Å². The van der Waals surface area contributed by atoms with Crippen LogP contribution in [0.3, 0.4) is 0 Å². The number of benzene rings is 1. The van der Waals surface area contributed by atoms with Gasteiger partial charge in [0.05, 0.1) is 6.10 Å². The van der Waals surface area contributed by atoms with Crippen molar-refractivity contribution in [2.24, 2.45) is 17.8 Å². The molecule has 1 aliphatic rings. The Balaban J connectivity index is 0.00000162. The molecule has 4 atom stereocenters. The summed E-state index contributed by atoms with van der Waals surface area (Å²) in [5.41, 5.74) is 1.34. The van der Waals surface area contributed by atoms with E-state index in [0.717, 1.165) is 19.3 Å². The van der Waals surface area contributed by atoms with E-state index < -0.39 is 0 Å². The SMILES string of the molecule is [C-]#C[C@H]1[C@H](O)CC(C)[C@@H]1CCc1ccccc1.[Y]. The molecule has 1 saturated carbocycles. The molecule has 0 heterocycles. The van der Waals surface area contributed by atoms with Gasteiger partial charge in [0, 0.05) is 38.6 Å². The summed E-state index contributed by atoms with van der Waals surface area (Å²) in [6.07, 6.45) is 9.85. The zero-order valence-electron chi connectivity index (χ0n) is 10.8. The van der Waals surface area contributed by atoms with Crippen molar-refractivity contribution in [3.8, 4) is 5.92 Å². The second-order valence-electron chi connectivity index (χ2n) is 5.14. The van der Waals surface area contributed by atoms with Gasteiger partial charge in [-0.1, -0.05) is 37.3 Å². The van der Waals surface area contributed by atoms with Crippen molar-refractivity contribution in [3.63, 3.8) is 0 Å². The molecule has 0 spiro atoms. The van der Waals surface area contributed by atoms with Gasteiger partial charge in [0.1, 0.15) is 0 Å². The molecule has 2 rings (SSSR count). The van der Waals surface area contributed by atoms with Crippen molar-refractivity contribution in [2.45, 2.75) is 32.3 Å². The Morgan fingerprint density at radius 2 is 2.00 bits per heavy atom. The van der Waals surface area contributed by atoms with Crippen LogP contribution in [0, 0.1) is 30.1 Å². The van der Waals surface area contributed by atoms with Gasteiger partial charge in [-0.15, -0.1) is 0 Å². The number of aliphatic hydroxyl groups excluding tert-OH is 1. The molecule has 1 nitrogen and oxygen atoms in total. The fourth-order valence-corrected chi connectivity index (χ4v) is 2.99. The van der Waals surface area contributed by atoms with Gasteiger partial charge in [0.2, 0.25) is 0 Å².